The van der Waals surface area contributed by atoms with Gasteiger partial charge in [-0.1, -0.05) is 37.3 Å². The Morgan fingerprint density at radius 2 is 1.83 bits per heavy atom. The van der Waals surface area contributed by atoms with E-state index in [0.717, 1.165) is 5.56 Å². The van der Waals surface area contributed by atoms with E-state index in [2.05, 4.69) is 17.1 Å². The zero-order valence-corrected chi connectivity index (χ0v) is 12.8. The van der Waals surface area contributed by atoms with Crippen LogP contribution in [0.3, 0.4) is 0 Å². The molecule has 6 heteroatoms. The topological polar surface area (TPSA) is 106 Å². The highest BCUT2D eigenvalue weighted by Crippen LogP contribution is 2.83. The summed E-state index contributed by atoms with van der Waals surface area (Å²) in [4.78, 5) is 2.98. The number of hydrogen-bond acceptors (Lipinski definition) is 5. The zero-order chi connectivity index (χ0) is 16.3. The smallest absolute Gasteiger partial charge is 0.311 e. The molecule has 23 heavy (non-hydrogen) atoms. The fraction of sp³-hybridized carbons (Fsp3) is 0.471. The van der Waals surface area contributed by atoms with Crippen molar-refractivity contribution in [2.24, 2.45) is 16.6 Å². The van der Waals surface area contributed by atoms with Gasteiger partial charge in [0, 0.05) is 0 Å². The summed E-state index contributed by atoms with van der Waals surface area (Å²) in [6.45, 7) is 2.69. The Morgan fingerprint density at radius 1 is 1.17 bits per heavy atom. The maximum absolute atomic E-state index is 10.2. The Morgan fingerprint density at radius 3 is 2.35 bits per heavy atom. The Hall–Kier alpha value is -2.41. The first kappa shape index (κ1) is 14.2. The first-order chi connectivity index (χ1) is 11.1. The van der Waals surface area contributed by atoms with Gasteiger partial charge in [-0.2, -0.15) is 10.5 Å². The number of benzene rings is 1. The average Bonchev–Trinajstić information content (AvgIpc) is 2.80. The molecule has 3 aliphatic rings. The molecular formula is C17H17N4O2+. The van der Waals surface area contributed by atoms with Gasteiger partial charge in [0.1, 0.15) is 0 Å². The lowest BCUT2D eigenvalue weighted by Crippen LogP contribution is -2.90. The van der Waals surface area contributed by atoms with Crippen LogP contribution in [0.1, 0.15) is 18.9 Å². The fourth-order valence-corrected chi connectivity index (χ4v) is 5.04. The van der Waals surface area contributed by atoms with Crippen molar-refractivity contribution >= 4 is 5.84 Å². The standard InChI is InChI=1S/C17H16N4O2/c1-2-14(12-6-4-3-5-7-12)15(10-18)13(20)21-17(16(14,15)11-19)22-8-9-23-17/h3-7H,2,8-9H2,1H3,(H2,20,21)/p+1/t14-,15-,16+/m0/s1. The average molecular weight is 309 g/mol. The van der Waals surface area contributed by atoms with Gasteiger partial charge in [0.15, 0.2) is 10.8 Å². The van der Waals surface area contributed by atoms with E-state index >= 15 is 0 Å². The van der Waals surface area contributed by atoms with Gasteiger partial charge in [0.2, 0.25) is 0 Å². The maximum atomic E-state index is 10.2. The van der Waals surface area contributed by atoms with E-state index in [1.165, 1.54) is 0 Å². The molecule has 1 aliphatic carbocycles. The number of fused-ring (bicyclic) bond motifs is 2. The van der Waals surface area contributed by atoms with Crippen LogP contribution in [0.15, 0.2) is 30.3 Å². The number of ether oxygens (including phenoxy) is 2. The second-order valence-corrected chi connectivity index (χ2v) is 6.20. The van der Waals surface area contributed by atoms with E-state index in [1.807, 2.05) is 37.3 Å². The Labute approximate surface area is 134 Å². The van der Waals surface area contributed by atoms with Gasteiger partial charge < -0.3 is 9.47 Å². The predicted molar refractivity (Wildman–Crippen MR) is 79.3 cm³/mol. The van der Waals surface area contributed by atoms with Gasteiger partial charge in [-0.15, -0.1) is 0 Å². The Kier molecular flexibility index (Phi) is 2.54. The highest BCUT2D eigenvalue weighted by atomic mass is 16.8. The summed E-state index contributed by atoms with van der Waals surface area (Å²) < 4.78 is 11.6. The highest BCUT2D eigenvalue weighted by molar-refractivity contribution is 5.97. The molecule has 1 saturated carbocycles. The van der Waals surface area contributed by atoms with Crippen LogP contribution in [0.5, 0.6) is 0 Å². The van der Waals surface area contributed by atoms with Crippen molar-refractivity contribution in [1.82, 2.24) is 0 Å². The van der Waals surface area contributed by atoms with Crippen molar-refractivity contribution in [3.05, 3.63) is 35.9 Å². The van der Waals surface area contributed by atoms with Crippen LogP contribution in [0.2, 0.25) is 0 Å². The minimum absolute atomic E-state index is 0.258. The molecule has 2 fully saturated rings. The second kappa shape index (κ2) is 4.11. The van der Waals surface area contributed by atoms with Crippen LogP contribution in [-0.2, 0) is 14.9 Å². The van der Waals surface area contributed by atoms with Crippen LogP contribution < -0.4 is 10.7 Å². The van der Waals surface area contributed by atoms with E-state index in [4.69, 9.17) is 15.2 Å². The molecule has 4 rings (SSSR count). The molecule has 0 radical (unpaired) electrons. The van der Waals surface area contributed by atoms with Crippen LogP contribution in [0, 0.1) is 33.5 Å². The summed E-state index contributed by atoms with van der Waals surface area (Å²) in [5.74, 6) is -1.10. The van der Waals surface area contributed by atoms with Gasteiger partial charge in [0.05, 0.1) is 30.8 Å². The monoisotopic (exact) mass is 309 g/mol. The minimum Gasteiger partial charge on any atom is -0.311 e. The lowest BCUT2D eigenvalue weighted by atomic mass is 9.80. The predicted octanol–water partition coefficient (Wildman–Crippen LogP) is -0.480. The molecule has 1 saturated heterocycles. The van der Waals surface area contributed by atoms with Gasteiger partial charge >= 0.3 is 5.91 Å². The number of nitrogens with one attached hydrogen (secondary N) is 1. The number of nitrogens with two attached hydrogens (primary N) is 1. The molecule has 0 bridgehead atoms. The van der Waals surface area contributed by atoms with Crippen LogP contribution in [0.4, 0.5) is 0 Å². The number of nitriles is 2. The van der Waals surface area contributed by atoms with Gasteiger partial charge in [-0.3, -0.25) is 5.73 Å². The third kappa shape index (κ3) is 1.09. The Bertz CT molecular complexity index is 787. The zero-order valence-electron chi connectivity index (χ0n) is 12.8. The maximum Gasteiger partial charge on any atom is 0.343 e. The molecule has 2 aliphatic heterocycles. The molecule has 1 aromatic carbocycles. The van der Waals surface area contributed by atoms with E-state index in [0.29, 0.717) is 19.6 Å². The van der Waals surface area contributed by atoms with E-state index < -0.39 is 22.2 Å². The summed E-state index contributed by atoms with van der Waals surface area (Å²) in [5.41, 5.74) is 4.01. The van der Waals surface area contributed by atoms with Crippen molar-refractivity contribution < 1.29 is 14.5 Å². The third-order valence-electron chi connectivity index (χ3n) is 5.80. The van der Waals surface area contributed by atoms with Crippen molar-refractivity contribution in [1.29, 1.82) is 10.5 Å². The van der Waals surface area contributed by atoms with Gasteiger partial charge in [-0.05, 0) is 12.0 Å². The molecule has 0 unspecified atom stereocenters. The third-order valence-corrected chi connectivity index (χ3v) is 5.80. The largest absolute Gasteiger partial charge is 0.343 e. The van der Waals surface area contributed by atoms with Crippen molar-refractivity contribution in [3.8, 4) is 12.1 Å². The quantitative estimate of drug-likeness (QED) is 0.767. The first-order valence-corrected chi connectivity index (χ1v) is 7.69. The fourth-order valence-electron chi connectivity index (χ4n) is 5.04. The van der Waals surface area contributed by atoms with Crippen molar-refractivity contribution in [2.75, 3.05) is 13.2 Å². The molecule has 0 amide bonds. The van der Waals surface area contributed by atoms with E-state index in [1.54, 1.807) is 0 Å². The van der Waals surface area contributed by atoms with Crippen molar-refractivity contribution in [3.63, 3.8) is 0 Å². The lowest BCUT2D eigenvalue weighted by Gasteiger charge is -2.28. The summed E-state index contributed by atoms with van der Waals surface area (Å²) >= 11 is 0. The number of amidine groups is 1. The number of hydrogen-bond donors (Lipinski definition) is 2. The van der Waals surface area contributed by atoms with Crippen molar-refractivity contribution in [2.45, 2.75) is 24.7 Å². The summed E-state index contributed by atoms with van der Waals surface area (Å²) in [6, 6.07) is 14.3. The van der Waals surface area contributed by atoms with E-state index in [-0.39, 0.29) is 5.84 Å². The molecule has 116 valence electrons. The molecule has 3 N–H and O–H groups in total. The number of rotatable bonds is 2. The first-order valence-electron chi connectivity index (χ1n) is 7.69. The normalized spacial score (nSPS) is 39.3. The molecule has 0 aromatic heterocycles. The lowest BCUT2D eigenvalue weighted by molar-refractivity contribution is -0.677. The SMILES string of the molecule is CC[C@]1(c2ccccc2)[C@]2(C#N)C(N)=[NH+]C3(OCCO3)[C@@]21C#N. The van der Waals surface area contributed by atoms with Crippen LogP contribution >= 0.6 is 0 Å². The molecule has 3 atom stereocenters. The molecular weight excluding hydrogens is 292 g/mol. The number of nitrogens with zero attached hydrogens (tertiary/aromatic N) is 2. The molecule has 2 heterocycles. The molecule has 6 nitrogen and oxygen atoms in total. The molecule has 1 spiro atoms. The van der Waals surface area contributed by atoms with E-state index in [9.17, 15) is 10.5 Å². The highest BCUT2D eigenvalue weighted by Gasteiger charge is 3.04. The Balaban J connectivity index is 2.05. The summed E-state index contributed by atoms with van der Waals surface area (Å²) in [6.07, 6.45) is 0.578. The molecule has 1 aromatic rings. The minimum atomic E-state index is -1.35. The van der Waals surface area contributed by atoms with Gasteiger partial charge in [0.25, 0.3) is 5.84 Å². The summed E-state index contributed by atoms with van der Waals surface area (Å²) in [5, 5.41) is 20.2. The van der Waals surface area contributed by atoms with Gasteiger partial charge in [-0.25, -0.2) is 4.99 Å². The summed E-state index contributed by atoms with van der Waals surface area (Å²) in [7, 11) is 0. The van der Waals surface area contributed by atoms with Crippen LogP contribution in [-0.4, -0.2) is 25.0 Å². The second-order valence-electron chi connectivity index (χ2n) is 6.20. The van der Waals surface area contributed by atoms with Crippen LogP contribution in [0.25, 0.3) is 0 Å².